The first-order valence-corrected chi connectivity index (χ1v) is 5.16. The Morgan fingerprint density at radius 3 is 3.00 bits per heavy atom. The molecule has 2 unspecified atom stereocenters. The minimum atomic E-state index is -0.794. The van der Waals surface area contributed by atoms with Gasteiger partial charge in [0, 0.05) is 13.1 Å². The maximum absolute atomic E-state index is 10.5. The Morgan fingerprint density at radius 2 is 2.43 bits per heavy atom. The van der Waals surface area contributed by atoms with Gasteiger partial charge in [0.05, 0.1) is 18.1 Å². The summed E-state index contributed by atoms with van der Waals surface area (Å²) >= 11 is 0. The van der Waals surface area contributed by atoms with Crippen molar-refractivity contribution in [1.29, 1.82) is 0 Å². The van der Waals surface area contributed by atoms with Gasteiger partial charge in [-0.1, -0.05) is 13.3 Å². The molecule has 1 aliphatic rings. The Bertz CT molecular complexity index is 204. The van der Waals surface area contributed by atoms with E-state index in [9.17, 15) is 4.79 Å². The van der Waals surface area contributed by atoms with Gasteiger partial charge in [0.2, 0.25) is 0 Å². The van der Waals surface area contributed by atoms with E-state index in [0.29, 0.717) is 6.54 Å². The highest BCUT2D eigenvalue weighted by Gasteiger charge is 2.32. The second kappa shape index (κ2) is 4.75. The van der Waals surface area contributed by atoms with Crippen LogP contribution in [0.1, 0.15) is 33.1 Å². The van der Waals surface area contributed by atoms with E-state index >= 15 is 0 Å². The number of aliphatic carboxylic acids is 1. The van der Waals surface area contributed by atoms with Crippen molar-refractivity contribution in [1.82, 2.24) is 5.32 Å². The summed E-state index contributed by atoms with van der Waals surface area (Å²) in [5, 5.41) is 11.9. The Hall–Kier alpha value is -0.610. The molecule has 14 heavy (non-hydrogen) atoms. The first-order valence-electron chi connectivity index (χ1n) is 5.16. The number of morpholine rings is 1. The lowest BCUT2D eigenvalue weighted by atomic mass is 9.97. The quantitative estimate of drug-likeness (QED) is 0.712. The summed E-state index contributed by atoms with van der Waals surface area (Å²) in [7, 11) is 0. The number of rotatable bonds is 4. The van der Waals surface area contributed by atoms with Crippen LogP contribution in [0.15, 0.2) is 0 Å². The molecule has 1 heterocycles. The average Bonchev–Trinajstić information content (AvgIpc) is 2.02. The number of carboxylic acids is 1. The number of carbonyl (C=O) groups is 1. The van der Waals surface area contributed by atoms with E-state index in [2.05, 4.69) is 12.2 Å². The summed E-state index contributed by atoms with van der Waals surface area (Å²) in [6, 6.07) is 0. The lowest BCUT2D eigenvalue weighted by Gasteiger charge is -2.38. The van der Waals surface area contributed by atoms with E-state index < -0.39 is 5.97 Å². The van der Waals surface area contributed by atoms with Gasteiger partial charge in [-0.3, -0.25) is 4.79 Å². The van der Waals surface area contributed by atoms with Gasteiger partial charge >= 0.3 is 5.97 Å². The summed E-state index contributed by atoms with van der Waals surface area (Å²) in [5.74, 6) is -0.794. The molecule has 0 spiro atoms. The van der Waals surface area contributed by atoms with Crippen LogP contribution in [0.25, 0.3) is 0 Å². The second-order valence-electron chi connectivity index (χ2n) is 4.17. The lowest BCUT2D eigenvalue weighted by molar-refractivity contribution is -0.149. The number of hydrogen-bond donors (Lipinski definition) is 2. The van der Waals surface area contributed by atoms with Crippen LogP contribution in [0.3, 0.4) is 0 Å². The van der Waals surface area contributed by atoms with E-state index in [1.807, 2.05) is 6.92 Å². The molecular formula is C10H19NO3. The predicted octanol–water partition coefficient (Wildman–Crippen LogP) is 1.01. The van der Waals surface area contributed by atoms with Gasteiger partial charge < -0.3 is 15.2 Å². The van der Waals surface area contributed by atoms with Crippen molar-refractivity contribution < 1.29 is 14.6 Å². The molecule has 0 radical (unpaired) electrons. The molecule has 2 atom stereocenters. The zero-order chi connectivity index (χ0) is 10.6. The van der Waals surface area contributed by atoms with Crippen molar-refractivity contribution in [2.24, 2.45) is 0 Å². The molecule has 1 saturated heterocycles. The maximum Gasteiger partial charge on any atom is 0.306 e. The monoisotopic (exact) mass is 201 g/mol. The van der Waals surface area contributed by atoms with Crippen LogP contribution in [0.5, 0.6) is 0 Å². The molecule has 0 aromatic carbocycles. The van der Waals surface area contributed by atoms with Crippen LogP contribution >= 0.6 is 0 Å². The van der Waals surface area contributed by atoms with Crippen LogP contribution < -0.4 is 5.32 Å². The second-order valence-corrected chi connectivity index (χ2v) is 4.17. The zero-order valence-corrected chi connectivity index (χ0v) is 8.88. The van der Waals surface area contributed by atoms with E-state index in [0.717, 1.165) is 19.4 Å². The average molecular weight is 201 g/mol. The SMILES string of the molecule is CCCC1(C)CNCC(CC(=O)O)O1. The van der Waals surface area contributed by atoms with Gasteiger partial charge in [-0.25, -0.2) is 0 Å². The van der Waals surface area contributed by atoms with Crippen molar-refractivity contribution in [3.05, 3.63) is 0 Å². The zero-order valence-electron chi connectivity index (χ0n) is 8.88. The summed E-state index contributed by atoms with van der Waals surface area (Å²) in [5.41, 5.74) is -0.187. The van der Waals surface area contributed by atoms with Gasteiger partial charge in [-0.15, -0.1) is 0 Å². The minimum Gasteiger partial charge on any atom is -0.481 e. The maximum atomic E-state index is 10.5. The lowest BCUT2D eigenvalue weighted by Crippen LogP contribution is -2.52. The molecular weight excluding hydrogens is 182 g/mol. The number of hydrogen-bond acceptors (Lipinski definition) is 3. The molecule has 1 aliphatic heterocycles. The molecule has 2 N–H and O–H groups in total. The standard InChI is InChI=1S/C10H19NO3/c1-3-4-10(2)7-11-6-8(14-10)5-9(12)13/h8,11H,3-7H2,1-2H3,(H,12,13). The Kier molecular flexibility index (Phi) is 3.89. The number of carboxylic acid groups (broad SMARTS) is 1. The molecule has 0 aliphatic carbocycles. The fourth-order valence-electron chi connectivity index (χ4n) is 1.97. The molecule has 1 rings (SSSR count). The fraction of sp³-hybridized carbons (Fsp3) is 0.900. The van der Waals surface area contributed by atoms with Gasteiger partial charge in [-0.05, 0) is 13.3 Å². The van der Waals surface area contributed by atoms with E-state index in [-0.39, 0.29) is 18.1 Å². The van der Waals surface area contributed by atoms with Gasteiger partial charge in [0.1, 0.15) is 0 Å². The third-order valence-electron chi connectivity index (χ3n) is 2.50. The van der Waals surface area contributed by atoms with Crippen LogP contribution in [0.4, 0.5) is 0 Å². The number of ether oxygens (including phenoxy) is 1. The highest BCUT2D eigenvalue weighted by atomic mass is 16.5. The van der Waals surface area contributed by atoms with Gasteiger partial charge in [0.15, 0.2) is 0 Å². The van der Waals surface area contributed by atoms with Crippen molar-refractivity contribution in [3.63, 3.8) is 0 Å². The van der Waals surface area contributed by atoms with E-state index in [1.165, 1.54) is 0 Å². The van der Waals surface area contributed by atoms with Crippen LogP contribution in [-0.2, 0) is 9.53 Å². The first kappa shape index (κ1) is 11.5. The summed E-state index contributed by atoms with van der Waals surface area (Å²) in [4.78, 5) is 10.5. The van der Waals surface area contributed by atoms with Crippen molar-refractivity contribution in [2.75, 3.05) is 13.1 Å². The highest BCUT2D eigenvalue weighted by molar-refractivity contribution is 5.67. The third kappa shape index (κ3) is 3.27. The minimum absolute atomic E-state index is 0.0896. The molecule has 82 valence electrons. The molecule has 4 heteroatoms. The third-order valence-corrected chi connectivity index (χ3v) is 2.50. The van der Waals surface area contributed by atoms with Crippen LogP contribution in [0, 0.1) is 0 Å². The van der Waals surface area contributed by atoms with Gasteiger partial charge in [0.25, 0.3) is 0 Å². The van der Waals surface area contributed by atoms with Gasteiger partial charge in [-0.2, -0.15) is 0 Å². The van der Waals surface area contributed by atoms with Crippen molar-refractivity contribution in [3.8, 4) is 0 Å². The summed E-state index contributed by atoms with van der Waals surface area (Å²) < 4.78 is 5.78. The molecule has 4 nitrogen and oxygen atoms in total. The molecule has 0 amide bonds. The van der Waals surface area contributed by atoms with Crippen molar-refractivity contribution in [2.45, 2.75) is 44.8 Å². The molecule has 1 fully saturated rings. The normalized spacial score (nSPS) is 32.9. The van der Waals surface area contributed by atoms with Crippen molar-refractivity contribution >= 4 is 5.97 Å². The van der Waals surface area contributed by atoms with Crippen LogP contribution in [-0.4, -0.2) is 35.9 Å². The molecule has 0 aromatic heterocycles. The van der Waals surface area contributed by atoms with Crippen LogP contribution in [0.2, 0.25) is 0 Å². The topological polar surface area (TPSA) is 58.6 Å². The Balaban J connectivity index is 2.46. The predicted molar refractivity (Wildman–Crippen MR) is 53.3 cm³/mol. The summed E-state index contributed by atoms with van der Waals surface area (Å²) in [6.45, 7) is 5.61. The Labute approximate surface area is 84.6 Å². The highest BCUT2D eigenvalue weighted by Crippen LogP contribution is 2.23. The largest absolute Gasteiger partial charge is 0.481 e. The smallest absolute Gasteiger partial charge is 0.306 e. The number of nitrogens with one attached hydrogen (secondary N) is 1. The van der Waals surface area contributed by atoms with E-state index in [4.69, 9.17) is 9.84 Å². The summed E-state index contributed by atoms with van der Waals surface area (Å²) in [6.07, 6.45) is 1.93. The molecule has 0 saturated carbocycles. The molecule has 0 bridgehead atoms. The molecule has 0 aromatic rings. The first-order chi connectivity index (χ1) is 6.56. The Morgan fingerprint density at radius 1 is 1.71 bits per heavy atom. The van der Waals surface area contributed by atoms with E-state index in [1.54, 1.807) is 0 Å². The fourth-order valence-corrected chi connectivity index (χ4v) is 1.97.